The van der Waals surface area contributed by atoms with E-state index in [1.54, 1.807) is 18.2 Å². The molecule has 0 unspecified atom stereocenters. The van der Waals surface area contributed by atoms with Crippen LogP contribution in [0.25, 0.3) is 0 Å². The highest BCUT2D eigenvalue weighted by Gasteiger charge is 2.31. The summed E-state index contributed by atoms with van der Waals surface area (Å²) in [5, 5.41) is 16.6. The fourth-order valence-electron chi connectivity index (χ4n) is 2.24. The number of hydrogen-bond acceptors (Lipinski definition) is 4. The molecule has 0 radical (unpaired) electrons. The number of hydrogen-bond donors (Lipinski definition) is 2. The average molecular weight is 382 g/mol. The smallest absolute Gasteiger partial charge is 0.405 e. The van der Waals surface area contributed by atoms with Gasteiger partial charge in [-0.1, -0.05) is 30.3 Å². The highest BCUT2D eigenvalue weighted by Crippen LogP contribution is 2.26. The minimum absolute atomic E-state index is 0.0320. The molecular formula is C17H17F3N4O3. The summed E-state index contributed by atoms with van der Waals surface area (Å²) in [4.78, 5) is 14.3. The third-order valence-corrected chi connectivity index (χ3v) is 3.45. The number of nitro benzene ring substituents is 1. The van der Waals surface area contributed by atoms with Gasteiger partial charge in [-0.05, 0) is 11.6 Å². The van der Waals surface area contributed by atoms with Crippen LogP contribution in [0.3, 0.4) is 0 Å². The fraction of sp³-hybridized carbons (Fsp3) is 0.235. The molecule has 0 aliphatic carbocycles. The van der Waals surface area contributed by atoms with Crippen LogP contribution >= 0.6 is 0 Å². The molecule has 2 aromatic rings. The Kier molecular flexibility index (Phi) is 6.58. The molecule has 0 aliphatic rings. The number of nitrogens with zero attached hydrogens (tertiary/aromatic N) is 2. The molecule has 0 saturated carbocycles. The van der Waals surface area contributed by atoms with Crippen LogP contribution in [0, 0.1) is 10.1 Å². The summed E-state index contributed by atoms with van der Waals surface area (Å²) in [6.45, 7) is 0.295. The van der Waals surface area contributed by atoms with Crippen LogP contribution in [-0.2, 0) is 13.1 Å². The summed E-state index contributed by atoms with van der Waals surface area (Å²) in [7, 11) is 1.50. The Morgan fingerprint density at radius 1 is 1.15 bits per heavy atom. The van der Waals surface area contributed by atoms with E-state index in [2.05, 4.69) is 20.4 Å². The van der Waals surface area contributed by atoms with Crippen molar-refractivity contribution in [3.63, 3.8) is 0 Å². The molecule has 10 heteroatoms. The summed E-state index contributed by atoms with van der Waals surface area (Å²) >= 11 is 0. The zero-order chi connectivity index (χ0) is 19.9. The Hall–Kier alpha value is -3.30. The molecule has 2 N–H and O–H groups in total. The number of non-ortho nitro benzene ring substituents is 1. The molecule has 2 rings (SSSR count). The van der Waals surface area contributed by atoms with Gasteiger partial charge in [0, 0.05) is 37.8 Å². The van der Waals surface area contributed by atoms with Crippen LogP contribution in [0.2, 0.25) is 0 Å². The second-order valence-corrected chi connectivity index (χ2v) is 5.36. The lowest BCUT2D eigenvalue weighted by Crippen LogP contribution is -2.36. The minimum Gasteiger partial charge on any atom is -0.405 e. The monoisotopic (exact) mass is 382 g/mol. The van der Waals surface area contributed by atoms with Gasteiger partial charge in [-0.15, -0.1) is 13.2 Å². The first kappa shape index (κ1) is 20.0. The molecule has 7 nitrogen and oxygen atoms in total. The largest absolute Gasteiger partial charge is 0.573 e. The van der Waals surface area contributed by atoms with Crippen LogP contribution in [0.4, 0.5) is 18.9 Å². The summed E-state index contributed by atoms with van der Waals surface area (Å²) in [6.07, 6.45) is -4.78. The van der Waals surface area contributed by atoms with Gasteiger partial charge in [0.05, 0.1) is 4.92 Å². The molecule has 144 valence electrons. The van der Waals surface area contributed by atoms with Crippen molar-refractivity contribution in [1.29, 1.82) is 0 Å². The second-order valence-electron chi connectivity index (χ2n) is 5.36. The fourth-order valence-corrected chi connectivity index (χ4v) is 2.24. The minimum atomic E-state index is -4.78. The summed E-state index contributed by atoms with van der Waals surface area (Å²) in [5.41, 5.74) is 0.927. The number of guanidine groups is 1. The normalized spacial score (nSPS) is 11.8. The lowest BCUT2D eigenvalue weighted by atomic mass is 10.2. The van der Waals surface area contributed by atoms with E-state index in [0.717, 1.165) is 0 Å². The Bertz CT molecular complexity index is 825. The number of nitro groups is 1. The van der Waals surface area contributed by atoms with Crippen molar-refractivity contribution < 1.29 is 22.8 Å². The van der Waals surface area contributed by atoms with Crippen molar-refractivity contribution in [3.8, 4) is 5.75 Å². The first-order valence-electron chi connectivity index (χ1n) is 7.80. The van der Waals surface area contributed by atoms with E-state index in [1.807, 2.05) is 0 Å². The van der Waals surface area contributed by atoms with Crippen molar-refractivity contribution in [2.75, 3.05) is 7.05 Å². The Labute approximate surface area is 153 Å². The standard InChI is InChI=1S/C17H17F3N4O3/c1-21-16(22-10-12-5-4-7-14(9-12)24(25)26)23-11-13-6-2-3-8-15(13)27-17(18,19)20/h2-9H,10-11H2,1H3,(H2,21,22,23). The van der Waals surface area contributed by atoms with Crippen molar-refractivity contribution in [3.05, 3.63) is 69.8 Å². The van der Waals surface area contributed by atoms with E-state index in [4.69, 9.17) is 0 Å². The predicted octanol–water partition coefficient (Wildman–Crippen LogP) is 3.36. The van der Waals surface area contributed by atoms with Gasteiger partial charge in [0.1, 0.15) is 5.75 Å². The summed E-state index contributed by atoms with van der Waals surface area (Å²) in [5.74, 6) is 0.0231. The van der Waals surface area contributed by atoms with Crippen LogP contribution in [0.1, 0.15) is 11.1 Å². The van der Waals surface area contributed by atoms with Gasteiger partial charge < -0.3 is 15.4 Å². The van der Waals surface area contributed by atoms with Gasteiger partial charge in [0.25, 0.3) is 5.69 Å². The van der Waals surface area contributed by atoms with E-state index in [1.165, 1.54) is 37.4 Å². The van der Waals surface area contributed by atoms with E-state index < -0.39 is 11.3 Å². The zero-order valence-corrected chi connectivity index (χ0v) is 14.3. The van der Waals surface area contributed by atoms with Gasteiger partial charge in [-0.2, -0.15) is 0 Å². The SMILES string of the molecule is CN=C(NCc1cccc([N+](=O)[O-])c1)NCc1ccccc1OC(F)(F)F. The maximum Gasteiger partial charge on any atom is 0.573 e. The first-order valence-corrected chi connectivity index (χ1v) is 7.80. The van der Waals surface area contributed by atoms with Crippen LogP contribution in [0.5, 0.6) is 5.75 Å². The molecule has 0 spiro atoms. The van der Waals surface area contributed by atoms with E-state index in [0.29, 0.717) is 17.1 Å². The molecule has 0 atom stereocenters. The third-order valence-electron chi connectivity index (χ3n) is 3.45. The number of para-hydroxylation sites is 1. The Balaban J connectivity index is 1.97. The Morgan fingerprint density at radius 3 is 2.52 bits per heavy atom. The molecule has 0 saturated heterocycles. The number of benzene rings is 2. The number of rotatable bonds is 6. The van der Waals surface area contributed by atoms with E-state index >= 15 is 0 Å². The lowest BCUT2D eigenvalue weighted by Gasteiger charge is -2.15. The molecule has 0 amide bonds. The molecular weight excluding hydrogens is 365 g/mol. The quantitative estimate of drug-likeness (QED) is 0.346. The van der Waals surface area contributed by atoms with Gasteiger partial charge in [0.2, 0.25) is 0 Å². The molecule has 0 aliphatic heterocycles. The highest BCUT2D eigenvalue weighted by atomic mass is 19.4. The number of halogens is 3. The lowest BCUT2D eigenvalue weighted by molar-refractivity contribution is -0.384. The number of nitrogens with one attached hydrogen (secondary N) is 2. The van der Waals surface area contributed by atoms with Crippen molar-refractivity contribution >= 4 is 11.6 Å². The van der Waals surface area contributed by atoms with E-state index in [9.17, 15) is 23.3 Å². The van der Waals surface area contributed by atoms with Crippen molar-refractivity contribution in [1.82, 2.24) is 10.6 Å². The predicted molar refractivity (Wildman–Crippen MR) is 93.3 cm³/mol. The van der Waals surface area contributed by atoms with Crippen molar-refractivity contribution in [2.45, 2.75) is 19.5 Å². The molecule has 0 aromatic heterocycles. The van der Waals surface area contributed by atoms with Crippen LogP contribution in [0.15, 0.2) is 53.5 Å². The summed E-state index contributed by atoms with van der Waals surface area (Å²) < 4.78 is 41.4. The molecule has 0 heterocycles. The van der Waals surface area contributed by atoms with Gasteiger partial charge in [-0.3, -0.25) is 15.1 Å². The average Bonchev–Trinajstić information content (AvgIpc) is 2.62. The second kappa shape index (κ2) is 8.88. The van der Waals surface area contributed by atoms with Crippen LogP contribution in [-0.4, -0.2) is 24.3 Å². The first-order chi connectivity index (χ1) is 12.8. The van der Waals surface area contributed by atoms with E-state index in [-0.39, 0.29) is 24.5 Å². The topological polar surface area (TPSA) is 88.8 Å². The molecule has 2 aromatic carbocycles. The highest BCUT2D eigenvalue weighted by molar-refractivity contribution is 5.79. The van der Waals surface area contributed by atoms with Gasteiger partial charge in [-0.25, -0.2) is 0 Å². The number of aliphatic imine (C=N–C) groups is 1. The number of alkyl halides is 3. The number of ether oxygens (including phenoxy) is 1. The molecule has 0 fully saturated rings. The third kappa shape index (κ3) is 6.49. The Morgan fingerprint density at radius 2 is 1.85 bits per heavy atom. The molecule has 0 bridgehead atoms. The zero-order valence-electron chi connectivity index (χ0n) is 14.3. The molecule has 27 heavy (non-hydrogen) atoms. The maximum absolute atomic E-state index is 12.5. The van der Waals surface area contributed by atoms with Crippen LogP contribution < -0.4 is 15.4 Å². The maximum atomic E-state index is 12.5. The van der Waals surface area contributed by atoms with Gasteiger partial charge in [0.15, 0.2) is 5.96 Å². The summed E-state index contributed by atoms with van der Waals surface area (Å²) in [6, 6.07) is 11.8. The van der Waals surface area contributed by atoms with Crippen molar-refractivity contribution in [2.24, 2.45) is 4.99 Å². The van der Waals surface area contributed by atoms with Gasteiger partial charge >= 0.3 is 6.36 Å².